The number of alkyl halides is 3. The molecule has 0 amide bonds. The molecule has 2 aromatic heterocycles. The molecule has 0 bridgehead atoms. The highest BCUT2D eigenvalue weighted by molar-refractivity contribution is 5.94. The fourth-order valence-electron chi connectivity index (χ4n) is 6.55. The van der Waals surface area contributed by atoms with E-state index in [1.807, 2.05) is 18.2 Å². The summed E-state index contributed by atoms with van der Waals surface area (Å²) in [5.74, 6) is 5.96. The van der Waals surface area contributed by atoms with Crippen LogP contribution in [0.5, 0.6) is 0 Å². The summed E-state index contributed by atoms with van der Waals surface area (Å²) in [7, 11) is 4.24. The Balaban J connectivity index is 1.22. The van der Waals surface area contributed by atoms with Crippen molar-refractivity contribution < 1.29 is 13.2 Å². The maximum Gasteiger partial charge on any atom is 0.406 e. The number of nitrogens with zero attached hydrogens (tertiary/aromatic N) is 6. The molecule has 0 unspecified atom stereocenters. The second-order valence-corrected chi connectivity index (χ2v) is 13.6. The van der Waals surface area contributed by atoms with Gasteiger partial charge in [-0.25, -0.2) is 0 Å². The van der Waals surface area contributed by atoms with Crippen molar-refractivity contribution in [3.8, 4) is 17.9 Å². The molecule has 2 fully saturated rings. The SMILES string of the molecule is CN(C)CCN1CCC(N2CCC(Nc3cccc4c3cc(C#CCNc3ccc(C(C)(C)C#N)nc3)n4CC(F)(F)F)CC2)CC1. The van der Waals surface area contributed by atoms with Gasteiger partial charge in [-0.3, -0.25) is 4.98 Å². The van der Waals surface area contributed by atoms with Crippen LogP contribution in [0, 0.1) is 23.2 Å². The van der Waals surface area contributed by atoms with Gasteiger partial charge in [0.05, 0.1) is 46.8 Å². The Labute approximate surface area is 276 Å². The van der Waals surface area contributed by atoms with Crippen LogP contribution in [0.4, 0.5) is 24.5 Å². The van der Waals surface area contributed by atoms with E-state index in [0.29, 0.717) is 22.9 Å². The molecule has 2 aliphatic rings. The first kappa shape index (κ1) is 34.6. The first-order valence-corrected chi connectivity index (χ1v) is 16.6. The monoisotopic (exact) mass is 648 g/mol. The van der Waals surface area contributed by atoms with E-state index in [2.05, 4.69) is 62.3 Å². The van der Waals surface area contributed by atoms with E-state index < -0.39 is 18.1 Å². The van der Waals surface area contributed by atoms with E-state index in [0.717, 1.165) is 68.9 Å². The van der Waals surface area contributed by atoms with Gasteiger partial charge in [0.15, 0.2) is 0 Å². The number of anilines is 2. The Hall–Kier alpha value is -3.77. The Morgan fingerprint density at radius 1 is 1.02 bits per heavy atom. The Bertz CT molecular complexity index is 1580. The summed E-state index contributed by atoms with van der Waals surface area (Å²) in [5, 5.41) is 16.9. The Morgan fingerprint density at radius 3 is 2.40 bits per heavy atom. The van der Waals surface area contributed by atoms with E-state index in [1.165, 1.54) is 17.4 Å². The van der Waals surface area contributed by atoms with Crippen LogP contribution in [-0.2, 0) is 12.0 Å². The second kappa shape index (κ2) is 15.0. The number of benzene rings is 1. The molecule has 0 saturated carbocycles. The number of nitrogens with one attached hydrogen (secondary N) is 2. The summed E-state index contributed by atoms with van der Waals surface area (Å²) in [5.41, 5.74) is 2.38. The lowest BCUT2D eigenvalue weighted by atomic mass is 9.91. The number of piperidine rings is 2. The molecule has 8 nitrogen and oxygen atoms in total. The predicted octanol–water partition coefficient (Wildman–Crippen LogP) is 5.77. The molecule has 2 saturated heterocycles. The molecule has 0 aliphatic carbocycles. The smallest absolute Gasteiger partial charge is 0.382 e. The lowest BCUT2D eigenvalue weighted by Crippen LogP contribution is -2.50. The lowest BCUT2D eigenvalue weighted by molar-refractivity contribution is -0.140. The number of likely N-dealkylation sites (N-methyl/N-ethyl adjacent to an activating group) is 1. The number of likely N-dealkylation sites (tertiary alicyclic amines) is 2. The molecule has 2 N–H and O–H groups in total. The molecule has 1 aromatic carbocycles. The molecule has 252 valence electrons. The van der Waals surface area contributed by atoms with Gasteiger partial charge in [0.25, 0.3) is 0 Å². The minimum Gasteiger partial charge on any atom is -0.382 e. The van der Waals surface area contributed by atoms with Gasteiger partial charge < -0.3 is 29.9 Å². The van der Waals surface area contributed by atoms with E-state index in [-0.39, 0.29) is 12.6 Å². The highest BCUT2D eigenvalue weighted by Crippen LogP contribution is 2.32. The van der Waals surface area contributed by atoms with Crippen LogP contribution in [0.3, 0.4) is 0 Å². The number of nitriles is 1. The summed E-state index contributed by atoms with van der Waals surface area (Å²) in [4.78, 5) is 11.8. The average Bonchev–Trinajstić information content (AvgIpc) is 3.39. The van der Waals surface area contributed by atoms with Gasteiger partial charge in [-0.1, -0.05) is 12.0 Å². The maximum atomic E-state index is 13.7. The van der Waals surface area contributed by atoms with Crippen molar-refractivity contribution in [2.24, 2.45) is 0 Å². The van der Waals surface area contributed by atoms with Gasteiger partial charge in [-0.05, 0) is 103 Å². The highest BCUT2D eigenvalue weighted by Gasteiger charge is 2.31. The molecule has 3 aromatic rings. The van der Waals surface area contributed by atoms with E-state index in [4.69, 9.17) is 0 Å². The predicted molar refractivity (Wildman–Crippen MR) is 182 cm³/mol. The minimum atomic E-state index is -4.38. The first-order valence-electron chi connectivity index (χ1n) is 16.6. The molecule has 5 rings (SSSR count). The van der Waals surface area contributed by atoms with Gasteiger partial charge in [0, 0.05) is 49.3 Å². The van der Waals surface area contributed by atoms with Crippen molar-refractivity contribution in [1.82, 2.24) is 24.3 Å². The van der Waals surface area contributed by atoms with Crippen molar-refractivity contribution in [3.05, 3.63) is 54.0 Å². The molecule has 11 heteroatoms. The number of hydrogen-bond acceptors (Lipinski definition) is 7. The zero-order valence-corrected chi connectivity index (χ0v) is 28.0. The molecule has 4 heterocycles. The third-order valence-corrected chi connectivity index (χ3v) is 9.39. The molecule has 47 heavy (non-hydrogen) atoms. The summed E-state index contributed by atoms with van der Waals surface area (Å²) in [6.45, 7) is 9.32. The van der Waals surface area contributed by atoms with Crippen molar-refractivity contribution in [3.63, 3.8) is 0 Å². The number of aromatic nitrogens is 2. The van der Waals surface area contributed by atoms with Crippen LogP contribution in [0.1, 0.15) is 50.9 Å². The normalized spacial score (nSPS) is 17.4. The zero-order valence-electron chi connectivity index (χ0n) is 28.0. The van der Waals surface area contributed by atoms with Crippen LogP contribution >= 0.6 is 0 Å². The van der Waals surface area contributed by atoms with Gasteiger partial charge in [0.2, 0.25) is 0 Å². The average molecular weight is 649 g/mol. The Morgan fingerprint density at radius 2 is 1.77 bits per heavy atom. The van der Waals surface area contributed by atoms with Crippen molar-refractivity contribution in [2.75, 3.05) is 70.5 Å². The fraction of sp³-hybridized carbons (Fsp3) is 0.556. The third kappa shape index (κ3) is 9.19. The van der Waals surface area contributed by atoms with Crippen LogP contribution in [0.25, 0.3) is 10.9 Å². The summed E-state index contributed by atoms with van der Waals surface area (Å²) in [6.07, 6.45) is 1.67. The Kier molecular flexibility index (Phi) is 11.0. The summed E-state index contributed by atoms with van der Waals surface area (Å²) in [6, 6.07) is 14.0. The largest absolute Gasteiger partial charge is 0.406 e. The standard InChI is InChI=1S/C36H47F3N8/c1-35(2,25-40)34-11-10-28(24-42-34)41-16-6-7-30-23-31-32(8-5-9-33(31)47(30)26-36(37,38)39)43-27-12-19-46(20-13-27)29-14-17-45(18-15-29)22-21-44(3)4/h5,8-11,23-24,27,29,41,43H,12-22,26H2,1-4H3. The lowest BCUT2D eigenvalue weighted by Gasteiger charge is -2.42. The molecular weight excluding hydrogens is 601 g/mol. The summed E-state index contributed by atoms with van der Waals surface area (Å²) >= 11 is 0. The summed E-state index contributed by atoms with van der Waals surface area (Å²) < 4.78 is 42.4. The van der Waals surface area contributed by atoms with Crippen molar-refractivity contribution >= 4 is 22.3 Å². The number of hydrogen-bond donors (Lipinski definition) is 2. The van der Waals surface area contributed by atoms with Gasteiger partial charge in [0.1, 0.15) is 6.54 Å². The highest BCUT2D eigenvalue weighted by atomic mass is 19.4. The molecule has 0 spiro atoms. The number of halogens is 3. The van der Waals surface area contributed by atoms with Crippen molar-refractivity contribution in [2.45, 2.75) is 69.8 Å². The van der Waals surface area contributed by atoms with Crippen LogP contribution in [-0.4, -0.2) is 102 Å². The van der Waals surface area contributed by atoms with Gasteiger partial charge >= 0.3 is 6.18 Å². The van der Waals surface area contributed by atoms with E-state index in [1.54, 1.807) is 38.2 Å². The van der Waals surface area contributed by atoms with Crippen LogP contribution < -0.4 is 10.6 Å². The van der Waals surface area contributed by atoms with Crippen molar-refractivity contribution in [1.29, 1.82) is 5.26 Å². The van der Waals surface area contributed by atoms with E-state index >= 15 is 0 Å². The first-order chi connectivity index (χ1) is 22.4. The zero-order chi connectivity index (χ0) is 33.6. The van der Waals surface area contributed by atoms with Gasteiger partial charge in [-0.2, -0.15) is 18.4 Å². The fourth-order valence-corrected chi connectivity index (χ4v) is 6.55. The second-order valence-electron chi connectivity index (χ2n) is 13.6. The molecule has 0 atom stereocenters. The number of fused-ring (bicyclic) bond motifs is 1. The number of rotatable bonds is 10. The quantitative estimate of drug-likeness (QED) is 0.271. The van der Waals surface area contributed by atoms with Gasteiger partial charge in [-0.15, -0.1) is 0 Å². The van der Waals surface area contributed by atoms with Crippen LogP contribution in [0.15, 0.2) is 42.6 Å². The topological polar surface area (TPSA) is 75.4 Å². The van der Waals surface area contributed by atoms with Crippen LogP contribution in [0.2, 0.25) is 0 Å². The maximum absolute atomic E-state index is 13.7. The minimum absolute atomic E-state index is 0.231. The molecule has 0 radical (unpaired) electrons. The molecule has 2 aliphatic heterocycles. The van der Waals surface area contributed by atoms with E-state index in [9.17, 15) is 18.4 Å². The third-order valence-electron chi connectivity index (χ3n) is 9.39. The number of pyridine rings is 1. The molecular formula is C36H47F3N8.